The molecule has 0 radical (unpaired) electrons. The Balaban J connectivity index is 1.68. The van der Waals surface area contributed by atoms with E-state index in [9.17, 15) is 9.90 Å². The van der Waals surface area contributed by atoms with Gasteiger partial charge in [-0.25, -0.2) is 4.79 Å². The van der Waals surface area contributed by atoms with Crippen LogP contribution in [0.1, 0.15) is 70.2 Å². The summed E-state index contributed by atoms with van der Waals surface area (Å²) in [5, 5.41) is 10.9. The molecule has 0 aliphatic heterocycles. The van der Waals surface area contributed by atoms with Gasteiger partial charge in [0.25, 0.3) is 0 Å². The number of esters is 1. The monoisotopic (exact) mass is 442 g/mol. The zero-order valence-corrected chi connectivity index (χ0v) is 20.1. The topological polar surface area (TPSA) is 65.0 Å². The van der Waals surface area contributed by atoms with Crippen molar-refractivity contribution >= 4 is 5.97 Å². The molecule has 3 rings (SSSR count). The maximum Gasteiger partial charge on any atom is 0.338 e. The second-order valence-corrected chi connectivity index (χ2v) is 10.1. The van der Waals surface area contributed by atoms with Gasteiger partial charge >= 0.3 is 5.97 Å². The van der Waals surface area contributed by atoms with Crippen LogP contribution in [0, 0.1) is 35.0 Å². The minimum atomic E-state index is -0.728. The number of benzene rings is 1. The zero-order valence-electron chi connectivity index (χ0n) is 20.1. The van der Waals surface area contributed by atoms with Gasteiger partial charge in [-0.05, 0) is 75.3 Å². The summed E-state index contributed by atoms with van der Waals surface area (Å²) in [5.41, 5.74) is -0.0450. The van der Waals surface area contributed by atoms with Crippen molar-refractivity contribution in [3.63, 3.8) is 0 Å². The summed E-state index contributed by atoms with van der Waals surface area (Å²) >= 11 is 0. The van der Waals surface area contributed by atoms with E-state index in [1.165, 1.54) is 0 Å². The molecule has 0 unspecified atom stereocenters. The molecule has 1 aromatic rings. The molecule has 1 N–H and O–H groups in total. The lowest BCUT2D eigenvalue weighted by Crippen LogP contribution is -2.44. The summed E-state index contributed by atoms with van der Waals surface area (Å²) in [7, 11) is 1.58. The molecule has 2 aliphatic rings. The van der Waals surface area contributed by atoms with Crippen molar-refractivity contribution in [3.05, 3.63) is 35.9 Å². The predicted octanol–water partition coefficient (Wildman–Crippen LogP) is 4.83. The highest BCUT2D eigenvalue weighted by atomic mass is 16.7. The largest absolute Gasteiger partial charge is 0.458 e. The molecule has 0 spiro atoms. The van der Waals surface area contributed by atoms with Crippen molar-refractivity contribution in [1.29, 1.82) is 0 Å². The summed E-state index contributed by atoms with van der Waals surface area (Å²) in [4.78, 5) is 12.7. The lowest BCUT2D eigenvalue weighted by molar-refractivity contribution is -0.0879. The molecule has 5 heteroatoms. The number of methoxy groups -OCH3 is 1. The van der Waals surface area contributed by atoms with Gasteiger partial charge in [0.1, 0.15) is 24.6 Å². The highest BCUT2D eigenvalue weighted by molar-refractivity contribution is 5.89. The van der Waals surface area contributed by atoms with Crippen molar-refractivity contribution in [1.82, 2.24) is 0 Å². The van der Waals surface area contributed by atoms with Crippen molar-refractivity contribution in [2.45, 2.75) is 77.6 Å². The van der Waals surface area contributed by atoms with Crippen LogP contribution in [0.4, 0.5) is 0 Å². The number of fused-ring (bicyclic) bond motifs is 1. The van der Waals surface area contributed by atoms with E-state index in [-0.39, 0.29) is 30.2 Å². The first-order chi connectivity index (χ1) is 15.2. The average molecular weight is 443 g/mol. The van der Waals surface area contributed by atoms with Crippen LogP contribution in [-0.4, -0.2) is 42.8 Å². The van der Waals surface area contributed by atoms with E-state index in [1.807, 2.05) is 32.0 Å². The summed E-state index contributed by atoms with van der Waals surface area (Å²) in [6, 6.07) is 9.22. The van der Waals surface area contributed by atoms with Crippen LogP contribution in [0.3, 0.4) is 0 Å². The van der Waals surface area contributed by atoms with Crippen LogP contribution in [-0.2, 0) is 14.2 Å². The quantitative estimate of drug-likeness (QED) is 0.372. The lowest BCUT2D eigenvalue weighted by atomic mass is 9.61. The molecule has 1 aromatic carbocycles. The molecule has 2 fully saturated rings. The van der Waals surface area contributed by atoms with Crippen molar-refractivity contribution < 1.29 is 24.1 Å². The SMILES string of the molecule is COCOC(C)(C)C#C[C@@H](O)[C@@H](C)[C@H]1CC[C@H]2[C@@H](OC(=O)c3ccccc3)CCC[C@]12C. The summed E-state index contributed by atoms with van der Waals surface area (Å²) in [6.45, 7) is 8.32. The van der Waals surface area contributed by atoms with Crippen LogP contribution in [0.5, 0.6) is 0 Å². The number of aliphatic hydroxyl groups is 1. The molecule has 6 atom stereocenters. The number of hydrogen-bond donors (Lipinski definition) is 1. The fourth-order valence-electron chi connectivity index (χ4n) is 5.79. The molecule has 0 heterocycles. The van der Waals surface area contributed by atoms with E-state index in [0.29, 0.717) is 17.4 Å². The molecule has 176 valence electrons. The van der Waals surface area contributed by atoms with Gasteiger partial charge < -0.3 is 19.3 Å². The van der Waals surface area contributed by atoms with Gasteiger partial charge in [-0.1, -0.05) is 43.9 Å². The molecule has 0 amide bonds. The first-order valence-electron chi connectivity index (χ1n) is 11.8. The van der Waals surface area contributed by atoms with E-state index in [0.717, 1.165) is 32.1 Å². The van der Waals surface area contributed by atoms with Gasteiger partial charge in [0.2, 0.25) is 0 Å². The van der Waals surface area contributed by atoms with Gasteiger partial charge in [0, 0.05) is 13.0 Å². The van der Waals surface area contributed by atoms with Crippen molar-refractivity contribution in [2.75, 3.05) is 13.9 Å². The van der Waals surface area contributed by atoms with Crippen LogP contribution in [0.2, 0.25) is 0 Å². The minimum Gasteiger partial charge on any atom is -0.458 e. The average Bonchev–Trinajstić information content (AvgIpc) is 3.14. The van der Waals surface area contributed by atoms with Gasteiger partial charge in [-0.3, -0.25) is 0 Å². The standard InChI is InChI=1S/C27H38O5/c1-19(23(28)15-17-26(2,3)31-18-30-5)21-13-14-22-24(12-9-16-27(21,22)4)32-25(29)20-10-7-6-8-11-20/h6-8,10-11,19,21-24,28H,9,12-14,16,18H2,1-5H3/t19-,21+,22-,23+,24-,27+/m0/s1. The maximum absolute atomic E-state index is 12.7. The van der Waals surface area contributed by atoms with E-state index in [4.69, 9.17) is 14.2 Å². The fraction of sp³-hybridized carbons (Fsp3) is 0.667. The Hall–Kier alpha value is -1.87. The summed E-state index contributed by atoms with van der Waals surface area (Å²) < 4.78 is 16.6. The molecule has 0 bridgehead atoms. The van der Waals surface area contributed by atoms with Crippen LogP contribution in [0.15, 0.2) is 30.3 Å². The van der Waals surface area contributed by atoms with Gasteiger partial charge in [-0.2, -0.15) is 0 Å². The van der Waals surface area contributed by atoms with E-state index in [1.54, 1.807) is 19.2 Å². The Morgan fingerprint density at radius 3 is 2.66 bits per heavy atom. The summed E-state index contributed by atoms with van der Waals surface area (Å²) in [5.74, 6) is 6.53. The first-order valence-corrected chi connectivity index (χ1v) is 11.8. The fourth-order valence-corrected chi connectivity index (χ4v) is 5.79. The molecule has 0 saturated heterocycles. The Bertz CT molecular complexity index is 823. The highest BCUT2D eigenvalue weighted by Gasteiger charge is 2.54. The van der Waals surface area contributed by atoms with Gasteiger partial charge in [-0.15, -0.1) is 0 Å². The normalized spacial score (nSPS) is 29.4. The Kier molecular flexibility index (Phi) is 8.03. The van der Waals surface area contributed by atoms with Crippen LogP contribution in [0.25, 0.3) is 0 Å². The smallest absolute Gasteiger partial charge is 0.338 e. The second kappa shape index (κ2) is 10.4. The Morgan fingerprint density at radius 2 is 1.97 bits per heavy atom. The number of carbonyl (C=O) groups is 1. The number of hydrogen-bond acceptors (Lipinski definition) is 5. The first kappa shape index (κ1) is 24.8. The molecule has 2 aliphatic carbocycles. The number of carbonyl (C=O) groups excluding carboxylic acids is 1. The summed E-state index contributed by atoms with van der Waals surface area (Å²) in [6.07, 6.45) is 4.27. The van der Waals surface area contributed by atoms with Crippen LogP contribution < -0.4 is 0 Å². The predicted molar refractivity (Wildman–Crippen MR) is 124 cm³/mol. The third-order valence-electron chi connectivity index (χ3n) is 7.59. The number of rotatable bonds is 7. The highest BCUT2D eigenvalue weighted by Crippen LogP contribution is 2.58. The van der Waals surface area contributed by atoms with Gasteiger partial charge in [0.05, 0.1) is 5.56 Å². The molecule has 5 nitrogen and oxygen atoms in total. The van der Waals surface area contributed by atoms with Crippen LogP contribution >= 0.6 is 0 Å². The zero-order chi connectivity index (χ0) is 23.4. The van der Waals surface area contributed by atoms with Gasteiger partial charge in [0.15, 0.2) is 0 Å². The van der Waals surface area contributed by atoms with E-state index in [2.05, 4.69) is 25.7 Å². The molecule has 2 saturated carbocycles. The maximum atomic E-state index is 12.7. The van der Waals surface area contributed by atoms with E-state index >= 15 is 0 Å². The lowest BCUT2D eigenvalue weighted by Gasteiger charge is -2.46. The molecular formula is C27H38O5. The minimum absolute atomic E-state index is 0.0271. The van der Waals surface area contributed by atoms with Crippen molar-refractivity contribution in [2.24, 2.45) is 23.2 Å². The molecule has 0 aromatic heterocycles. The Labute approximate surface area is 192 Å². The molecular weight excluding hydrogens is 404 g/mol. The third kappa shape index (κ3) is 5.54. The molecule has 32 heavy (non-hydrogen) atoms. The number of ether oxygens (including phenoxy) is 3. The van der Waals surface area contributed by atoms with E-state index < -0.39 is 11.7 Å². The second-order valence-electron chi connectivity index (χ2n) is 10.1. The van der Waals surface area contributed by atoms with Crippen molar-refractivity contribution in [3.8, 4) is 11.8 Å². The Morgan fingerprint density at radius 1 is 1.25 bits per heavy atom. The third-order valence-corrected chi connectivity index (χ3v) is 7.59. The number of aliphatic hydroxyl groups excluding tert-OH is 1.